The van der Waals surface area contributed by atoms with Crippen molar-refractivity contribution < 1.29 is 28.7 Å². The number of ether oxygens (including phenoxy) is 2. The lowest BCUT2D eigenvalue weighted by Gasteiger charge is -2.18. The fourth-order valence-electron chi connectivity index (χ4n) is 8.56. The Kier molecular flexibility index (Phi) is 5.37. The fourth-order valence-corrected chi connectivity index (χ4v) is 8.56. The number of carbonyl (C=O) groups excluding carboxylic acids is 4. The van der Waals surface area contributed by atoms with E-state index in [1.165, 1.54) is 9.80 Å². The predicted octanol–water partition coefficient (Wildman–Crippen LogP) is 5.89. The lowest BCUT2D eigenvalue weighted by atomic mass is 9.85. The average Bonchev–Trinajstić information content (AvgIpc) is 3.87. The van der Waals surface area contributed by atoms with Crippen molar-refractivity contribution in [3.63, 3.8) is 0 Å². The van der Waals surface area contributed by atoms with E-state index in [9.17, 15) is 19.2 Å². The smallest absolute Gasteiger partial charge is 0.238 e. The molecule has 8 heteroatoms. The fraction of sp³-hybridized carbons (Fsp3) is 0.278. The zero-order valence-electron chi connectivity index (χ0n) is 23.6. The molecule has 4 fully saturated rings. The van der Waals surface area contributed by atoms with Crippen LogP contribution in [0.3, 0.4) is 0 Å². The van der Waals surface area contributed by atoms with Crippen LogP contribution >= 0.6 is 0 Å². The number of amides is 4. The van der Waals surface area contributed by atoms with Crippen molar-refractivity contribution in [2.45, 2.75) is 12.8 Å². The van der Waals surface area contributed by atoms with Crippen LogP contribution in [-0.4, -0.2) is 23.6 Å². The summed E-state index contributed by atoms with van der Waals surface area (Å²) >= 11 is 0. The number of fused-ring (bicyclic) bond motifs is 10. The number of hydrogen-bond acceptors (Lipinski definition) is 6. The summed E-state index contributed by atoms with van der Waals surface area (Å²) in [6.07, 6.45) is 10.1. The molecule has 8 nitrogen and oxygen atoms in total. The minimum Gasteiger partial charge on any atom is -0.457 e. The van der Waals surface area contributed by atoms with Gasteiger partial charge in [0.2, 0.25) is 23.6 Å². The summed E-state index contributed by atoms with van der Waals surface area (Å²) in [6.45, 7) is 0. The summed E-state index contributed by atoms with van der Waals surface area (Å²) < 4.78 is 12.3. The second kappa shape index (κ2) is 9.26. The third-order valence-electron chi connectivity index (χ3n) is 10.4. The maximum absolute atomic E-state index is 13.3. The molecular weight excluding hydrogens is 556 g/mol. The molecule has 2 heterocycles. The highest BCUT2D eigenvalue weighted by molar-refractivity contribution is 6.23. The van der Waals surface area contributed by atoms with Crippen LogP contribution < -0.4 is 19.3 Å². The number of hydrogen-bond donors (Lipinski definition) is 0. The van der Waals surface area contributed by atoms with Crippen LogP contribution in [0.4, 0.5) is 11.4 Å². The summed E-state index contributed by atoms with van der Waals surface area (Å²) in [5.74, 6) is 1.03. The van der Waals surface area contributed by atoms with E-state index in [1.54, 1.807) is 72.8 Å². The van der Waals surface area contributed by atoms with E-state index >= 15 is 0 Å². The van der Waals surface area contributed by atoms with Gasteiger partial charge in [0.25, 0.3) is 0 Å². The van der Waals surface area contributed by atoms with Crippen molar-refractivity contribution in [1.29, 1.82) is 0 Å². The van der Waals surface area contributed by atoms with Gasteiger partial charge < -0.3 is 9.47 Å². The Hall–Kier alpha value is -4.98. The Morgan fingerprint density at radius 3 is 1.14 bits per heavy atom. The van der Waals surface area contributed by atoms with Crippen LogP contribution in [0.2, 0.25) is 0 Å². The molecule has 218 valence electrons. The molecule has 4 bridgehead atoms. The summed E-state index contributed by atoms with van der Waals surface area (Å²) in [4.78, 5) is 55.7. The molecule has 0 spiro atoms. The van der Waals surface area contributed by atoms with Gasteiger partial charge in [-0.25, -0.2) is 9.80 Å². The first kappa shape index (κ1) is 25.5. The van der Waals surface area contributed by atoms with Gasteiger partial charge in [0.15, 0.2) is 0 Å². The van der Waals surface area contributed by atoms with Crippen LogP contribution in [-0.2, 0) is 19.2 Å². The topological polar surface area (TPSA) is 93.2 Å². The van der Waals surface area contributed by atoms with Gasteiger partial charge in [-0.3, -0.25) is 19.2 Å². The van der Waals surface area contributed by atoms with E-state index in [4.69, 9.17) is 9.47 Å². The predicted molar refractivity (Wildman–Crippen MR) is 160 cm³/mol. The van der Waals surface area contributed by atoms with E-state index in [2.05, 4.69) is 24.3 Å². The molecule has 9 rings (SSSR count). The summed E-state index contributed by atoms with van der Waals surface area (Å²) in [5, 5.41) is 0. The monoisotopic (exact) mass is 584 g/mol. The molecule has 2 aliphatic heterocycles. The van der Waals surface area contributed by atoms with Crippen LogP contribution in [0.1, 0.15) is 12.8 Å². The van der Waals surface area contributed by atoms with E-state index in [1.807, 2.05) is 0 Å². The van der Waals surface area contributed by atoms with Crippen molar-refractivity contribution in [3.05, 3.63) is 97.1 Å². The molecule has 0 unspecified atom stereocenters. The molecule has 0 radical (unpaired) electrons. The van der Waals surface area contributed by atoms with Crippen molar-refractivity contribution >= 4 is 35.0 Å². The molecule has 4 amide bonds. The number of allylic oxidation sites excluding steroid dienone is 4. The normalized spacial score (nSPS) is 32.3. The molecule has 0 aromatic heterocycles. The highest BCUT2D eigenvalue weighted by atomic mass is 16.5. The van der Waals surface area contributed by atoms with Crippen LogP contribution in [0.15, 0.2) is 97.1 Å². The summed E-state index contributed by atoms with van der Waals surface area (Å²) in [5.41, 5.74) is 1.02. The van der Waals surface area contributed by atoms with E-state index in [-0.39, 0.29) is 71.0 Å². The average molecular weight is 585 g/mol. The van der Waals surface area contributed by atoms with E-state index < -0.39 is 0 Å². The van der Waals surface area contributed by atoms with Gasteiger partial charge in [0.1, 0.15) is 23.0 Å². The molecule has 44 heavy (non-hydrogen) atoms. The summed E-state index contributed by atoms with van der Waals surface area (Å²) in [7, 11) is 0. The number of imide groups is 2. The molecule has 8 atom stereocenters. The number of benzene rings is 3. The number of nitrogens with zero attached hydrogens (tertiary/aromatic N) is 2. The zero-order chi connectivity index (χ0) is 29.7. The molecule has 2 saturated heterocycles. The van der Waals surface area contributed by atoms with Gasteiger partial charge in [-0.1, -0.05) is 42.5 Å². The molecule has 6 aliphatic rings. The Labute approximate surface area is 253 Å². The first-order valence-electron chi connectivity index (χ1n) is 15.2. The molecular formula is C36H28N2O6. The Morgan fingerprint density at radius 2 is 0.773 bits per heavy atom. The largest absolute Gasteiger partial charge is 0.457 e. The number of anilines is 2. The number of carbonyl (C=O) groups is 4. The van der Waals surface area contributed by atoms with Gasteiger partial charge in [0.05, 0.1) is 35.0 Å². The molecule has 2 saturated carbocycles. The minimum atomic E-state index is -0.261. The number of rotatable bonds is 6. The highest BCUT2D eigenvalue weighted by Gasteiger charge is 2.60. The van der Waals surface area contributed by atoms with Gasteiger partial charge >= 0.3 is 0 Å². The quantitative estimate of drug-likeness (QED) is 0.265. The molecule has 4 aliphatic carbocycles. The Bertz CT molecular complexity index is 1660. The van der Waals surface area contributed by atoms with Gasteiger partial charge in [-0.2, -0.15) is 0 Å². The molecule has 3 aromatic rings. The first-order valence-corrected chi connectivity index (χ1v) is 15.2. The Morgan fingerprint density at radius 1 is 0.455 bits per heavy atom. The summed E-state index contributed by atoms with van der Waals surface area (Å²) in [6, 6.07) is 21.2. The third-order valence-corrected chi connectivity index (χ3v) is 10.4. The second-order valence-electron chi connectivity index (χ2n) is 12.7. The van der Waals surface area contributed by atoms with E-state index in [0.717, 1.165) is 12.8 Å². The lowest BCUT2D eigenvalue weighted by Crippen LogP contribution is -2.32. The third kappa shape index (κ3) is 3.63. The van der Waals surface area contributed by atoms with Crippen LogP contribution in [0.5, 0.6) is 23.0 Å². The zero-order valence-corrected chi connectivity index (χ0v) is 23.6. The molecule has 3 aromatic carbocycles. The van der Waals surface area contributed by atoms with Gasteiger partial charge in [0, 0.05) is 18.2 Å². The van der Waals surface area contributed by atoms with Crippen LogP contribution in [0.25, 0.3) is 0 Å². The van der Waals surface area contributed by atoms with Gasteiger partial charge in [-0.05, 0) is 72.9 Å². The lowest BCUT2D eigenvalue weighted by molar-refractivity contribution is -0.124. The maximum Gasteiger partial charge on any atom is 0.238 e. The van der Waals surface area contributed by atoms with Gasteiger partial charge in [-0.15, -0.1) is 0 Å². The minimum absolute atomic E-state index is 0.129. The van der Waals surface area contributed by atoms with Crippen molar-refractivity contribution in [3.8, 4) is 23.0 Å². The molecule has 0 N–H and O–H groups in total. The standard InChI is InChI=1S/C36H28N2O6/c39-33-29-19-10-11-20(14-19)30(29)34(40)37(33)23-4-1-6-25(16-23)43-27-8-3-9-28(18-27)44-26-7-2-5-24(17-26)38-35(41)31-21-12-13-22(15-21)32(31)36(38)42/h1-13,16-22,29-32H,14-15H2/t19-,20-,21-,22-,29-,30-,31-,32+/m0/s1. The van der Waals surface area contributed by atoms with Crippen molar-refractivity contribution in [2.24, 2.45) is 47.3 Å². The van der Waals surface area contributed by atoms with E-state index in [0.29, 0.717) is 34.4 Å². The Balaban J connectivity index is 0.918. The highest BCUT2D eigenvalue weighted by Crippen LogP contribution is 2.54. The van der Waals surface area contributed by atoms with Crippen molar-refractivity contribution in [1.82, 2.24) is 0 Å². The SMILES string of the molecule is O=C1[C@@H]2[C@@H](C(=O)N1c1cccc(Oc3cccc(Oc4cccc(N5C(=O)[C@@H]6[C@H](C5=O)[C@H]5C=C[C@H]6C5)c4)c3)c1)[C@H]1C=C[C@H]2C1. The van der Waals surface area contributed by atoms with Crippen molar-refractivity contribution in [2.75, 3.05) is 9.80 Å². The maximum atomic E-state index is 13.3. The van der Waals surface area contributed by atoms with Crippen LogP contribution in [0, 0.1) is 47.3 Å². The second-order valence-corrected chi connectivity index (χ2v) is 12.7. The first-order chi connectivity index (χ1) is 21.4.